The van der Waals surface area contributed by atoms with Crippen LogP contribution in [0.5, 0.6) is 0 Å². The van der Waals surface area contributed by atoms with E-state index in [4.69, 9.17) is 0 Å². The van der Waals surface area contributed by atoms with Crippen molar-refractivity contribution in [3.63, 3.8) is 0 Å². The lowest BCUT2D eigenvalue weighted by molar-refractivity contribution is -0.130. The normalized spacial score (nSPS) is 50.6. The predicted octanol–water partition coefficient (Wildman–Crippen LogP) is 3.69. The molecule has 3 nitrogen and oxygen atoms in total. The maximum atomic E-state index is 12.2. The minimum absolute atomic E-state index is 0.0219. The van der Waals surface area contributed by atoms with Crippen LogP contribution in [0, 0.1) is 34.5 Å². The Labute approximate surface area is 144 Å². The second-order valence-corrected chi connectivity index (χ2v) is 9.40. The van der Waals surface area contributed by atoms with E-state index < -0.39 is 6.10 Å². The summed E-state index contributed by atoms with van der Waals surface area (Å²) in [4.78, 5) is 24.1. The third kappa shape index (κ3) is 2.06. The van der Waals surface area contributed by atoms with Gasteiger partial charge in [-0.15, -0.1) is 0 Å². The summed E-state index contributed by atoms with van der Waals surface area (Å²) in [7, 11) is 0. The minimum Gasteiger partial charge on any atom is -0.389 e. The van der Waals surface area contributed by atoms with Crippen LogP contribution in [0.25, 0.3) is 0 Å². The first kappa shape index (κ1) is 16.5. The van der Waals surface area contributed by atoms with E-state index in [1.54, 1.807) is 13.0 Å². The van der Waals surface area contributed by atoms with Crippen LogP contribution < -0.4 is 0 Å². The molecule has 0 aromatic carbocycles. The molecule has 0 aromatic heterocycles. The summed E-state index contributed by atoms with van der Waals surface area (Å²) in [5.41, 5.74) is 1.10. The summed E-state index contributed by atoms with van der Waals surface area (Å²) in [5.74, 6) is 2.35. The quantitative estimate of drug-likeness (QED) is 0.797. The molecule has 3 saturated carbocycles. The minimum atomic E-state index is -0.473. The largest absolute Gasteiger partial charge is 0.389 e. The molecule has 3 heteroatoms. The lowest BCUT2D eigenvalue weighted by Crippen LogP contribution is -2.54. The van der Waals surface area contributed by atoms with Crippen LogP contribution in [0.2, 0.25) is 0 Å². The monoisotopic (exact) mass is 330 g/mol. The first-order valence-electron chi connectivity index (χ1n) is 9.71. The Hall–Kier alpha value is -0.960. The van der Waals surface area contributed by atoms with E-state index in [0.29, 0.717) is 30.0 Å². The molecule has 0 radical (unpaired) electrons. The number of ketones is 2. The summed E-state index contributed by atoms with van der Waals surface area (Å²) >= 11 is 0. The number of aliphatic hydroxyl groups excluding tert-OH is 1. The maximum absolute atomic E-state index is 12.2. The fourth-order valence-corrected chi connectivity index (χ4v) is 7.27. The number of aliphatic hydroxyl groups is 1. The molecule has 0 aliphatic heterocycles. The van der Waals surface area contributed by atoms with E-state index in [2.05, 4.69) is 13.8 Å². The highest BCUT2D eigenvalue weighted by Gasteiger charge is 2.61. The van der Waals surface area contributed by atoms with Crippen molar-refractivity contribution in [1.82, 2.24) is 0 Å². The summed E-state index contributed by atoms with van der Waals surface area (Å²) < 4.78 is 0. The van der Waals surface area contributed by atoms with Gasteiger partial charge in [-0.05, 0) is 85.7 Å². The number of carbonyl (C=O) groups excluding carboxylic acids is 2. The first-order chi connectivity index (χ1) is 11.3. The maximum Gasteiger partial charge on any atom is 0.155 e. The Morgan fingerprint density at radius 1 is 1.17 bits per heavy atom. The van der Waals surface area contributed by atoms with Gasteiger partial charge in [-0.1, -0.05) is 13.8 Å². The van der Waals surface area contributed by atoms with E-state index in [9.17, 15) is 14.7 Å². The molecule has 1 unspecified atom stereocenters. The van der Waals surface area contributed by atoms with Crippen molar-refractivity contribution in [2.75, 3.05) is 0 Å². The summed E-state index contributed by atoms with van der Waals surface area (Å²) in [6.45, 7) is 6.37. The molecular weight excluding hydrogens is 300 g/mol. The van der Waals surface area contributed by atoms with Crippen LogP contribution in [-0.2, 0) is 9.59 Å². The van der Waals surface area contributed by atoms with Crippen molar-refractivity contribution in [2.45, 2.75) is 71.8 Å². The van der Waals surface area contributed by atoms with Crippen molar-refractivity contribution >= 4 is 11.6 Å². The standard InChI is InChI=1S/C21H30O3/c1-12(22)15-4-5-16-14-11-19(24)18-10-13(23)6-8-21(18,3)17(14)7-9-20(15,16)2/h10,14-17,19,24H,4-9,11H2,1-3H3/t14-,15?,16-,17-,19-,20+,21+/m0/s1. The Morgan fingerprint density at radius 2 is 1.92 bits per heavy atom. The summed E-state index contributed by atoms with van der Waals surface area (Å²) in [5, 5.41) is 10.8. The molecule has 7 atom stereocenters. The van der Waals surface area contributed by atoms with Gasteiger partial charge in [-0.2, -0.15) is 0 Å². The Kier molecular flexibility index (Phi) is 3.62. The van der Waals surface area contributed by atoms with E-state index in [1.807, 2.05) is 0 Å². The Bertz CT molecular complexity index is 621. The topological polar surface area (TPSA) is 54.4 Å². The Balaban J connectivity index is 1.71. The van der Waals surface area contributed by atoms with E-state index in [1.165, 1.54) is 0 Å². The smallest absolute Gasteiger partial charge is 0.155 e. The highest BCUT2D eigenvalue weighted by molar-refractivity contribution is 5.91. The average Bonchev–Trinajstić information content (AvgIpc) is 2.87. The molecule has 0 heterocycles. The number of hydrogen-bond acceptors (Lipinski definition) is 3. The van der Waals surface area contributed by atoms with Crippen molar-refractivity contribution in [3.8, 4) is 0 Å². The van der Waals surface area contributed by atoms with Crippen molar-refractivity contribution in [3.05, 3.63) is 11.6 Å². The predicted molar refractivity (Wildman–Crippen MR) is 92.3 cm³/mol. The summed E-state index contributed by atoms with van der Waals surface area (Å²) in [6, 6.07) is 0. The van der Waals surface area contributed by atoms with Gasteiger partial charge in [0, 0.05) is 12.3 Å². The zero-order chi connectivity index (χ0) is 17.3. The lowest BCUT2D eigenvalue weighted by atomic mass is 9.46. The molecule has 4 aliphatic rings. The van der Waals surface area contributed by atoms with Crippen molar-refractivity contribution < 1.29 is 14.7 Å². The fourth-order valence-electron chi connectivity index (χ4n) is 7.27. The molecule has 0 aromatic rings. The molecular formula is C21H30O3. The second kappa shape index (κ2) is 5.27. The van der Waals surface area contributed by atoms with Crippen LogP contribution >= 0.6 is 0 Å². The SMILES string of the molecule is CC(=O)C1CC[C@H]2[C@@H]3C[C@H](O)C4=CC(=O)CC[C@]4(C)[C@H]3CC[C@]12C. The lowest BCUT2D eigenvalue weighted by Gasteiger charge is -2.59. The van der Waals surface area contributed by atoms with Crippen LogP contribution in [0.3, 0.4) is 0 Å². The van der Waals surface area contributed by atoms with Crippen molar-refractivity contribution in [1.29, 1.82) is 0 Å². The van der Waals surface area contributed by atoms with E-state index in [-0.39, 0.29) is 22.5 Å². The zero-order valence-electron chi connectivity index (χ0n) is 15.2. The first-order valence-corrected chi connectivity index (χ1v) is 9.71. The van der Waals surface area contributed by atoms with Gasteiger partial charge in [0.2, 0.25) is 0 Å². The van der Waals surface area contributed by atoms with Gasteiger partial charge in [0.05, 0.1) is 6.10 Å². The van der Waals surface area contributed by atoms with E-state index >= 15 is 0 Å². The molecule has 1 N–H and O–H groups in total. The molecule has 4 rings (SSSR count). The molecule has 0 spiro atoms. The number of carbonyl (C=O) groups is 2. The van der Waals surface area contributed by atoms with E-state index in [0.717, 1.165) is 44.1 Å². The third-order valence-corrected chi connectivity index (χ3v) is 8.47. The molecule has 24 heavy (non-hydrogen) atoms. The van der Waals surface area contributed by atoms with Gasteiger partial charge in [0.15, 0.2) is 5.78 Å². The van der Waals surface area contributed by atoms with Crippen LogP contribution in [0.4, 0.5) is 0 Å². The van der Waals surface area contributed by atoms with Gasteiger partial charge in [-0.3, -0.25) is 9.59 Å². The van der Waals surface area contributed by atoms with Gasteiger partial charge >= 0.3 is 0 Å². The second-order valence-electron chi connectivity index (χ2n) is 9.40. The number of Topliss-reactive ketones (excluding diaryl/α,β-unsaturated/α-hetero) is 1. The van der Waals surface area contributed by atoms with Gasteiger partial charge in [-0.25, -0.2) is 0 Å². The molecule has 0 saturated heterocycles. The highest BCUT2D eigenvalue weighted by Crippen LogP contribution is 2.66. The van der Waals surface area contributed by atoms with Gasteiger partial charge < -0.3 is 5.11 Å². The average molecular weight is 330 g/mol. The van der Waals surface area contributed by atoms with Gasteiger partial charge in [0.1, 0.15) is 5.78 Å². The molecule has 0 bridgehead atoms. The summed E-state index contributed by atoms with van der Waals surface area (Å²) in [6.07, 6.45) is 7.97. The molecule has 4 aliphatic carbocycles. The third-order valence-electron chi connectivity index (χ3n) is 8.47. The fraction of sp³-hybridized carbons (Fsp3) is 0.810. The number of hydrogen-bond donors (Lipinski definition) is 1. The number of rotatable bonds is 1. The van der Waals surface area contributed by atoms with Crippen LogP contribution in [0.1, 0.15) is 65.7 Å². The number of fused-ring (bicyclic) bond motifs is 5. The molecule has 3 fully saturated rings. The molecule has 0 amide bonds. The van der Waals surface area contributed by atoms with Crippen LogP contribution in [0.15, 0.2) is 11.6 Å². The highest BCUT2D eigenvalue weighted by atomic mass is 16.3. The van der Waals surface area contributed by atoms with Crippen LogP contribution in [-0.4, -0.2) is 22.8 Å². The van der Waals surface area contributed by atoms with Gasteiger partial charge in [0.25, 0.3) is 0 Å². The zero-order valence-corrected chi connectivity index (χ0v) is 15.2. The Morgan fingerprint density at radius 3 is 2.62 bits per heavy atom. The molecule has 132 valence electrons. The van der Waals surface area contributed by atoms with Crippen molar-refractivity contribution in [2.24, 2.45) is 34.5 Å².